The molecule has 0 unspecified atom stereocenters. The van der Waals surface area contributed by atoms with Crippen LogP contribution in [0.4, 0.5) is 0 Å². The van der Waals surface area contributed by atoms with Crippen LogP contribution in [0.2, 0.25) is 0 Å². The lowest BCUT2D eigenvalue weighted by Crippen LogP contribution is -2.36. The Hall–Kier alpha value is -0.970. The highest BCUT2D eigenvalue weighted by Crippen LogP contribution is 1.95. The number of carbonyl (C=O) groups is 2. The van der Waals surface area contributed by atoms with Crippen molar-refractivity contribution in [2.75, 3.05) is 13.1 Å². The first-order valence-corrected chi connectivity index (χ1v) is 6.93. The number of nitrogens with one attached hydrogen (secondary N) is 2. The minimum atomic E-state index is 0.237. The number of thiocarbonyl (C=S) groups is 1. The summed E-state index contributed by atoms with van der Waals surface area (Å²) in [5, 5.41) is 6.85. The molecule has 0 aromatic carbocycles. The van der Waals surface area contributed by atoms with Gasteiger partial charge in [-0.05, 0) is 51.7 Å². The third kappa shape index (κ3) is 13.1. The van der Waals surface area contributed by atoms with Crippen LogP contribution in [0, 0.1) is 0 Å². The average Bonchev–Trinajstić information content (AvgIpc) is 2.27. The van der Waals surface area contributed by atoms with Gasteiger partial charge in [-0.25, -0.2) is 0 Å². The van der Waals surface area contributed by atoms with Gasteiger partial charge in [0.25, 0.3) is 0 Å². The number of unbranched alkanes of at least 4 members (excludes halogenated alkanes) is 2. The molecule has 0 aromatic rings. The zero-order valence-corrected chi connectivity index (χ0v) is 12.2. The fourth-order valence-corrected chi connectivity index (χ4v) is 1.67. The summed E-state index contributed by atoms with van der Waals surface area (Å²) in [7, 11) is 0. The van der Waals surface area contributed by atoms with Crippen molar-refractivity contribution >= 4 is 28.9 Å². The molecule has 0 radical (unpaired) electrons. The third-order valence-corrected chi connectivity index (χ3v) is 2.77. The van der Waals surface area contributed by atoms with E-state index < -0.39 is 0 Å². The monoisotopic (exact) mass is 272 g/mol. The highest BCUT2D eigenvalue weighted by atomic mass is 32.1. The Morgan fingerprint density at radius 2 is 1.22 bits per heavy atom. The molecule has 5 heteroatoms. The predicted octanol–water partition coefficient (Wildman–Crippen LogP) is 1.97. The molecule has 0 rings (SSSR count). The molecule has 0 atom stereocenters. The largest absolute Gasteiger partial charge is 0.363 e. The van der Waals surface area contributed by atoms with E-state index in [1.54, 1.807) is 13.8 Å². The fraction of sp³-hybridized carbons (Fsp3) is 0.769. The van der Waals surface area contributed by atoms with Crippen molar-refractivity contribution in [3.8, 4) is 0 Å². The van der Waals surface area contributed by atoms with Crippen LogP contribution < -0.4 is 10.6 Å². The molecule has 18 heavy (non-hydrogen) atoms. The van der Waals surface area contributed by atoms with Gasteiger partial charge in [0, 0.05) is 25.9 Å². The van der Waals surface area contributed by atoms with Gasteiger partial charge in [-0.2, -0.15) is 0 Å². The molecule has 0 bridgehead atoms. The number of Topliss-reactive ketones (excluding diaryl/α,β-unsaturated/α-hetero) is 2. The van der Waals surface area contributed by atoms with Crippen molar-refractivity contribution in [3.05, 3.63) is 0 Å². The normalized spacial score (nSPS) is 9.89. The van der Waals surface area contributed by atoms with Crippen LogP contribution in [-0.2, 0) is 9.59 Å². The maximum absolute atomic E-state index is 10.7. The van der Waals surface area contributed by atoms with Crippen LogP contribution in [-0.4, -0.2) is 29.8 Å². The van der Waals surface area contributed by atoms with Crippen LogP contribution >= 0.6 is 12.2 Å². The summed E-state index contributed by atoms with van der Waals surface area (Å²) in [6.45, 7) is 4.82. The maximum atomic E-state index is 10.7. The summed E-state index contributed by atoms with van der Waals surface area (Å²) in [4.78, 5) is 21.4. The van der Waals surface area contributed by atoms with Crippen molar-refractivity contribution in [2.24, 2.45) is 0 Å². The lowest BCUT2D eigenvalue weighted by molar-refractivity contribution is -0.117. The van der Waals surface area contributed by atoms with Crippen LogP contribution in [0.1, 0.15) is 52.4 Å². The fourth-order valence-electron chi connectivity index (χ4n) is 1.46. The highest BCUT2D eigenvalue weighted by molar-refractivity contribution is 7.80. The van der Waals surface area contributed by atoms with Crippen molar-refractivity contribution < 1.29 is 9.59 Å². The smallest absolute Gasteiger partial charge is 0.166 e. The molecule has 4 nitrogen and oxygen atoms in total. The standard InChI is InChI=1S/C13H24N2O2S/c1-11(16)7-3-5-9-14-13(18)15-10-6-4-8-12(2)17/h3-10H2,1-2H3,(H2,14,15,18). The van der Waals surface area contributed by atoms with E-state index in [2.05, 4.69) is 10.6 Å². The maximum Gasteiger partial charge on any atom is 0.166 e. The number of rotatable bonds is 10. The molecule has 0 spiro atoms. The molecule has 0 aromatic heterocycles. The van der Waals surface area contributed by atoms with Crippen LogP contribution in [0.15, 0.2) is 0 Å². The second kappa shape index (κ2) is 11.1. The number of hydrogen-bond donors (Lipinski definition) is 2. The third-order valence-electron chi connectivity index (χ3n) is 2.48. The van der Waals surface area contributed by atoms with E-state index in [-0.39, 0.29) is 11.6 Å². The Labute approximate surface area is 115 Å². The Balaban J connectivity index is 3.27. The minimum absolute atomic E-state index is 0.237. The summed E-state index contributed by atoms with van der Waals surface area (Å²) in [5.74, 6) is 0.474. The van der Waals surface area contributed by atoms with E-state index in [1.807, 2.05) is 0 Å². The Morgan fingerprint density at radius 3 is 1.56 bits per heavy atom. The highest BCUT2D eigenvalue weighted by Gasteiger charge is 1.97. The van der Waals surface area contributed by atoms with Crippen molar-refractivity contribution in [1.82, 2.24) is 10.6 Å². The first-order valence-electron chi connectivity index (χ1n) is 6.53. The Morgan fingerprint density at radius 1 is 0.833 bits per heavy atom. The Kier molecular flexibility index (Phi) is 10.5. The summed E-state index contributed by atoms with van der Waals surface area (Å²) in [5.41, 5.74) is 0. The van der Waals surface area contributed by atoms with Crippen LogP contribution in [0.3, 0.4) is 0 Å². The molecule has 0 aliphatic rings. The molecule has 0 fully saturated rings. The van der Waals surface area contributed by atoms with Gasteiger partial charge in [0.2, 0.25) is 0 Å². The predicted molar refractivity (Wildman–Crippen MR) is 77.7 cm³/mol. The molecule has 0 amide bonds. The van der Waals surface area contributed by atoms with E-state index in [0.717, 1.165) is 38.8 Å². The molecule has 0 saturated carbocycles. The molecule has 0 aliphatic heterocycles. The lowest BCUT2D eigenvalue weighted by atomic mass is 10.2. The van der Waals surface area contributed by atoms with E-state index in [4.69, 9.17) is 12.2 Å². The van der Waals surface area contributed by atoms with Gasteiger partial charge < -0.3 is 20.2 Å². The summed E-state index contributed by atoms with van der Waals surface area (Å²) in [6, 6.07) is 0. The first-order chi connectivity index (χ1) is 8.52. The molecule has 0 saturated heterocycles. The summed E-state index contributed by atoms with van der Waals surface area (Å²) < 4.78 is 0. The lowest BCUT2D eigenvalue weighted by Gasteiger charge is -2.09. The molecule has 104 valence electrons. The SMILES string of the molecule is CC(=O)CCCCNC(=S)NCCCCC(C)=O. The summed E-state index contributed by atoms with van der Waals surface area (Å²) >= 11 is 5.10. The van der Waals surface area contributed by atoms with Crippen LogP contribution in [0.25, 0.3) is 0 Å². The second-order valence-electron chi connectivity index (χ2n) is 4.50. The van der Waals surface area contributed by atoms with Gasteiger partial charge in [-0.1, -0.05) is 0 Å². The molecule has 2 N–H and O–H groups in total. The van der Waals surface area contributed by atoms with E-state index in [0.29, 0.717) is 18.0 Å². The zero-order valence-electron chi connectivity index (χ0n) is 11.4. The number of hydrogen-bond acceptors (Lipinski definition) is 3. The van der Waals surface area contributed by atoms with E-state index in [9.17, 15) is 9.59 Å². The topological polar surface area (TPSA) is 58.2 Å². The van der Waals surface area contributed by atoms with E-state index >= 15 is 0 Å². The number of ketones is 2. The summed E-state index contributed by atoms with van der Waals surface area (Å²) in [6.07, 6.45) is 5.00. The molecular weight excluding hydrogens is 248 g/mol. The van der Waals surface area contributed by atoms with Crippen molar-refractivity contribution in [3.63, 3.8) is 0 Å². The Bertz CT molecular complexity index is 254. The quantitative estimate of drug-likeness (QED) is 0.470. The van der Waals surface area contributed by atoms with Crippen molar-refractivity contribution in [1.29, 1.82) is 0 Å². The number of carbonyl (C=O) groups excluding carboxylic acids is 2. The van der Waals surface area contributed by atoms with Crippen molar-refractivity contribution in [2.45, 2.75) is 52.4 Å². The van der Waals surface area contributed by atoms with Gasteiger partial charge in [0.05, 0.1) is 0 Å². The van der Waals surface area contributed by atoms with Gasteiger partial charge in [0.1, 0.15) is 11.6 Å². The molecule has 0 aliphatic carbocycles. The van der Waals surface area contributed by atoms with Gasteiger partial charge in [-0.3, -0.25) is 0 Å². The van der Waals surface area contributed by atoms with E-state index in [1.165, 1.54) is 0 Å². The first kappa shape index (κ1) is 17.0. The second-order valence-corrected chi connectivity index (χ2v) is 4.91. The molecule has 0 heterocycles. The minimum Gasteiger partial charge on any atom is -0.363 e. The molecular formula is C13H24N2O2S. The van der Waals surface area contributed by atoms with Gasteiger partial charge in [-0.15, -0.1) is 0 Å². The van der Waals surface area contributed by atoms with Gasteiger partial charge in [0.15, 0.2) is 5.11 Å². The average molecular weight is 272 g/mol. The van der Waals surface area contributed by atoms with Crippen LogP contribution in [0.5, 0.6) is 0 Å². The van der Waals surface area contributed by atoms with Gasteiger partial charge >= 0.3 is 0 Å². The zero-order chi connectivity index (χ0) is 13.8.